The second kappa shape index (κ2) is 11.1. The number of aryl methyl sites for hydroxylation is 1. The van der Waals surface area contributed by atoms with Gasteiger partial charge in [-0.05, 0) is 89.9 Å². The van der Waals surface area contributed by atoms with Crippen molar-refractivity contribution in [2.24, 2.45) is 12.5 Å². The Morgan fingerprint density at radius 2 is 1.70 bits per heavy atom. The number of allylic oxidation sites excluding steroid dienone is 1. The Labute approximate surface area is 249 Å². The van der Waals surface area contributed by atoms with Crippen LogP contribution in [0, 0.1) is 5.41 Å². The molecule has 0 radical (unpaired) electrons. The molecule has 1 aromatic heterocycles. The number of carbonyl (C=O) groups excluding carboxylic acids is 1. The van der Waals surface area contributed by atoms with Crippen LogP contribution in [0.25, 0.3) is 17.0 Å². The summed E-state index contributed by atoms with van der Waals surface area (Å²) in [5.41, 5.74) is -0.163. The van der Waals surface area contributed by atoms with E-state index in [9.17, 15) is 31.1 Å². The van der Waals surface area contributed by atoms with Crippen molar-refractivity contribution >= 4 is 11.7 Å². The summed E-state index contributed by atoms with van der Waals surface area (Å²) in [5, 5.41) is 12.3. The average Bonchev–Trinajstić information content (AvgIpc) is 3.49. The number of ether oxygens (including phenoxy) is 2. The maximum atomic E-state index is 13.5. The largest absolute Gasteiger partial charge is 0.496 e. The number of cyclic esters (lactones) is 1. The molecule has 0 unspecified atom stereocenters. The summed E-state index contributed by atoms with van der Waals surface area (Å²) in [5.74, 6) is 0.997. The molecule has 1 fully saturated rings. The number of aromatic nitrogens is 4. The van der Waals surface area contributed by atoms with E-state index in [4.69, 9.17) is 9.47 Å². The number of hydrogen-bond acceptors (Lipinski definition) is 6. The first kappa shape index (κ1) is 31.3. The molecule has 1 aliphatic heterocycles. The lowest BCUT2D eigenvalue weighted by atomic mass is 9.72. The molecule has 14 heteroatoms. The molecule has 0 bridgehead atoms. The van der Waals surface area contributed by atoms with Crippen molar-refractivity contribution in [3.63, 3.8) is 0 Å². The molecule has 1 saturated heterocycles. The van der Waals surface area contributed by atoms with Crippen LogP contribution in [-0.4, -0.2) is 50.9 Å². The molecule has 1 amide bonds. The molecule has 1 aliphatic carbocycles. The molecular weight excluding hydrogens is 592 g/mol. The zero-order valence-electron chi connectivity index (χ0n) is 24.7. The summed E-state index contributed by atoms with van der Waals surface area (Å²) in [6, 6.07) is 5.90. The molecule has 236 valence electrons. The molecule has 0 saturated carbocycles. The van der Waals surface area contributed by atoms with Gasteiger partial charge in [0.25, 0.3) is 0 Å². The lowest BCUT2D eigenvalue weighted by molar-refractivity contribution is -0.143. The van der Waals surface area contributed by atoms with Crippen LogP contribution in [0.5, 0.6) is 5.75 Å². The summed E-state index contributed by atoms with van der Waals surface area (Å²) in [4.78, 5) is 15.9. The third kappa shape index (κ3) is 6.25. The lowest BCUT2D eigenvalue weighted by Crippen LogP contribution is -2.35. The van der Waals surface area contributed by atoms with Crippen molar-refractivity contribution in [3.8, 4) is 17.1 Å². The second-order valence-corrected chi connectivity index (χ2v) is 12.0. The average molecular weight is 624 g/mol. The van der Waals surface area contributed by atoms with Gasteiger partial charge in [0, 0.05) is 17.7 Å². The smallest absolute Gasteiger partial charge is 0.416 e. The number of carbonyl (C=O) groups is 1. The van der Waals surface area contributed by atoms with Crippen molar-refractivity contribution in [2.45, 2.75) is 64.5 Å². The first-order valence-electron chi connectivity index (χ1n) is 13.9. The number of tetrazole rings is 1. The van der Waals surface area contributed by atoms with Crippen LogP contribution < -0.4 is 4.74 Å². The van der Waals surface area contributed by atoms with E-state index < -0.39 is 41.7 Å². The highest BCUT2D eigenvalue weighted by Crippen LogP contribution is 2.47. The van der Waals surface area contributed by atoms with Gasteiger partial charge in [-0.3, -0.25) is 4.90 Å². The third-order valence-corrected chi connectivity index (χ3v) is 8.15. The summed E-state index contributed by atoms with van der Waals surface area (Å²) >= 11 is 0. The van der Waals surface area contributed by atoms with Gasteiger partial charge in [-0.2, -0.15) is 31.1 Å². The second-order valence-electron chi connectivity index (χ2n) is 12.0. The van der Waals surface area contributed by atoms with Gasteiger partial charge in [-0.1, -0.05) is 13.8 Å². The van der Waals surface area contributed by atoms with Gasteiger partial charge < -0.3 is 9.47 Å². The maximum absolute atomic E-state index is 13.5. The summed E-state index contributed by atoms with van der Waals surface area (Å²) in [6.07, 6.45) is -10.2. The molecule has 0 spiro atoms. The van der Waals surface area contributed by atoms with Gasteiger partial charge >= 0.3 is 18.4 Å². The zero-order valence-corrected chi connectivity index (χ0v) is 24.7. The fraction of sp³-hybridized carbons (Fsp3) is 0.467. The molecule has 5 rings (SSSR count). The van der Waals surface area contributed by atoms with Crippen molar-refractivity contribution in [1.29, 1.82) is 0 Å². The predicted octanol–water partition coefficient (Wildman–Crippen LogP) is 7.47. The van der Waals surface area contributed by atoms with Gasteiger partial charge in [-0.25, -0.2) is 4.79 Å². The number of rotatable bonds is 6. The van der Waals surface area contributed by atoms with E-state index in [2.05, 4.69) is 29.3 Å². The van der Waals surface area contributed by atoms with Crippen LogP contribution in [0.4, 0.5) is 31.1 Å². The van der Waals surface area contributed by atoms with Crippen LogP contribution in [0.2, 0.25) is 0 Å². The first-order valence-corrected chi connectivity index (χ1v) is 13.9. The van der Waals surface area contributed by atoms with Crippen LogP contribution >= 0.6 is 0 Å². The van der Waals surface area contributed by atoms with E-state index in [1.54, 1.807) is 33.2 Å². The van der Waals surface area contributed by atoms with Crippen LogP contribution in [0.1, 0.15) is 68.4 Å². The van der Waals surface area contributed by atoms with Gasteiger partial charge in [-0.15, -0.1) is 10.2 Å². The minimum absolute atomic E-state index is 0.0575. The molecule has 44 heavy (non-hydrogen) atoms. The fourth-order valence-corrected chi connectivity index (χ4v) is 5.88. The Morgan fingerprint density at radius 1 is 1.05 bits per heavy atom. The number of alkyl halides is 6. The monoisotopic (exact) mass is 623 g/mol. The molecule has 2 atom stereocenters. The Morgan fingerprint density at radius 3 is 2.27 bits per heavy atom. The normalized spacial score (nSPS) is 20.7. The SMILES string of the molecule is COc1ccc(-c2nnn(C)n2)cc1C1=C(CN2C(=O)O[C@H](c3cc(C(F)(F)F)cc(C(F)(F)F)c3)[C@@H]2C)CC(C)(C)CC1. The summed E-state index contributed by atoms with van der Waals surface area (Å²) in [6.45, 7) is 5.81. The number of halogens is 6. The lowest BCUT2D eigenvalue weighted by Gasteiger charge is -2.36. The van der Waals surface area contributed by atoms with E-state index in [0.717, 1.165) is 23.1 Å². The zero-order chi connectivity index (χ0) is 32.2. The van der Waals surface area contributed by atoms with E-state index in [0.29, 0.717) is 42.1 Å². The minimum Gasteiger partial charge on any atom is -0.496 e. The van der Waals surface area contributed by atoms with Gasteiger partial charge in [0.05, 0.1) is 31.3 Å². The molecule has 3 aromatic rings. The van der Waals surface area contributed by atoms with Crippen LogP contribution in [0.15, 0.2) is 42.0 Å². The quantitative estimate of drug-likeness (QED) is 0.265. The van der Waals surface area contributed by atoms with Crippen molar-refractivity contribution in [2.75, 3.05) is 13.7 Å². The van der Waals surface area contributed by atoms with E-state index >= 15 is 0 Å². The maximum Gasteiger partial charge on any atom is 0.416 e. The first-order chi connectivity index (χ1) is 20.5. The van der Waals surface area contributed by atoms with E-state index in [1.807, 2.05) is 6.07 Å². The van der Waals surface area contributed by atoms with Crippen LogP contribution in [0.3, 0.4) is 0 Å². The Kier molecular flexibility index (Phi) is 7.91. The summed E-state index contributed by atoms with van der Waals surface area (Å²) in [7, 11) is 3.19. The number of hydrogen-bond donors (Lipinski definition) is 0. The Bertz CT molecular complexity index is 1580. The van der Waals surface area contributed by atoms with Crippen molar-refractivity contribution in [1.82, 2.24) is 25.1 Å². The molecule has 2 heterocycles. The topological polar surface area (TPSA) is 82.4 Å². The van der Waals surface area contributed by atoms with Gasteiger partial charge in [0.1, 0.15) is 11.9 Å². The van der Waals surface area contributed by atoms with Gasteiger partial charge in [0.15, 0.2) is 0 Å². The molecule has 0 N–H and O–H groups in total. The molecule has 2 aromatic carbocycles. The molecular formula is C30H31F6N5O3. The number of methoxy groups -OCH3 is 1. The van der Waals surface area contributed by atoms with E-state index in [-0.39, 0.29) is 23.6 Å². The highest BCUT2D eigenvalue weighted by Gasteiger charge is 2.44. The highest BCUT2D eigenvalue weighted by molar-refractivity contribution is 5.79. The fourth-order valence-electron chi connectivity index (χ4n) is 5.88. The minimum atomic E-state index is -5.02. The predicted molar refractivity (Wildman–Crippen MR) is 147 cm³/mol. The molecule has 2 aliphatic rings. The Hall–Kier alpha value is -4.10. The standard InChI is InChI=1S/C30H31F6N5O3/c1-16-25(18-10-20(29(31,32)33)13-21(11-18)30(34,35)36)44-27(42)41(16)15-19-14-28(2,3)9-8-22(19)23-12-17(6-7-24(23)43-5)26-37-39-40(4)38-26/h6-7,10-13,16,25H,8-9,14-15H2,1-5H3/t16-,25-/m0/s1. The van der Waals surface area contributed by atoms with Crippen molar-refractivity contribution in [3.05, 3.63) is 64.2 Å². The number of benzene rings is 2. The number of amides is 1. The van der Waals surface area contributed by atoms with E-state index in [1.165, 1.54) is 9.70 Å². The van der Waals surface area contributed by atoms with Gasteiger partial charge in [0.2, 0.25) is 5.82 Å². The number of nitrogens with zero attached hydrogens (tertiary/aromatic N) is 5. The highest BCUT2D eigenvalue weighted by atomic mass is 19.4. The Balaban J connectivity index is 1.54. The van der Waals surface area contributed by atoms with Crippen LogP contribution in [-0.2, 0) is 24.1 Å². The third-order valence-electron chi connectivity index (χ3n) is 8.15. The van der Waals surface area contributed by atoms with Crippen molar-refractivity contribution < 1.29 is 40.6 Å². The molecule has 8 nitrogen and oxygen atoms in total. The summed E-state index contributed by atoms with van der Waals surface area (Å²) < 4.78 is 92.4.